The largest absolute Gasteiger partial charge is 0.481 e. The van der Waals surface area contributed by atoms with Gasteiger partial charge in [0.1, 0.15) is 5.41 Å². The standard InChI is InChI=1S/C12H11IO6/c13-19-11(18)12(6-9(14)15,7-10(16)17)8-4-2-1-3-5-8/h1-5H,6-7H2,(H,14,15)(H,16,17). The van der Waals surface area contributed by atoms with E-state index < -0.39 is 36.2 Å². The SMILES string of the molecule is O=C(O)CC(CC(=O)O)(C(=O)OI)c1ccccc1. The molecule has 0 fully saturated rings. The first-order valence-corrected chi connectivity index (χ1v) is 6.12. The zero-order valence-corrected chi connectivity index (χ0v) is 11.9. The highest BCUT2D eigenvalue weighted by atomic mass is 127. The van der Waals surface area contributed by atoms with Crippen LogP contribution in [0.3, 0.4) is 0 Å². The molecule has 0 aliphatic heterocycles. The van der Waals surface area contributed by atoms with Gasteiger partial charge in [-0.3, -0.25) is 14.4 Å². The third-order valence-electron chi connectivity index (χ3n) is 2.69. The van der Waals surface area contributed by atoms with Gasteiger partial charge in [0, 0.05) is 0 Å². The van der Waals surface area contributed by atoms with Crippen LogP contribution in [-0.4, -0.2) is 28.1 Å². The van der Waals surface area contributed by atoms with E-state index in [0.29, 0.717) is 5.56 Å². The van der Waals surface area contributed by atoms with Gasteiger partial charge in [-0.15, -0.1) is 0 Å². The van der Waals surface area contributed by atoms with Crippen LogP contribution in [0.15, 0.2) is 30.3 Å². The fourth-order valence-electron chi connectivity index (χ4n) is 1.88. The fourth-order valence-corrected chi connectivity index (χ4v) is 2.30. The Kier molecular flexibility index (Phi) is 5.28. The van der Waals surface area contributed by atoms with E-state index in [2.05, 4.69) is 3.07 Å². The Balaban J connectivity index is 3.37. The second-order valence-corrected chi connectivity index (χ2v) is 4.39. The van der Waals surface area contributed by atoms with Crippen LogP contribution in [0.25, 0.3) is 0 Å². The molecule has 0 radical (unpaired) electrons. The van der Waals surface area contributed by atoms with Crippen LogP contribution in [0.5, 0.6) is 0 Å². The maximum absolute atomic E-state index is 11.9. The van der Waals surface area contributed by atoms with E-state index in [9.17, 15) is 14.4 Å². The lowest BCUT2D eigenvalue weighted by Gasteiger charge is -2.27. The maximum atomic E-state index is 11.9. The molecule has 0 bridgehead atoms. The zero-order chi connectivity index (χ0) is 14.5. The molecule has 0 saturated carbocycles. The molecule has 0 aliphatic carbocycles. The van der Waals surface area contributed by atoms with Crippen molar-refractivity contribution in [3.63, 3.8) is 0 Å². The monoisotopic (exact) mass is 378 g/mol. The molecular formula is C12H11IO6. The van der Waals surface area contributed by atoms with Crippen LogP contribution < -0.4 is 0 Å². The lowest BCUT2D eigenvalue weighted by atomic mass is 9.75. The molecule has 0 saturated heterocycles. The summed E-state index contributed by atoms with van der Waals surface area (Å²) in [6, 6.07) is 7.92. The third kappa shape index (κ3) is 3.66. The smallest absolute Gasteiger partial charge is 0.327 e. The molecule has 2 N–H and O–H groups in total. The van der Waals surface area contributed by atoms with Gasteiger partial charge >= 0.3 is 17.9 Å². The molecule has 0 aromatic heterocycles. The first-order valence-electron chi connectivity index (χ1n) is 5.24. The van der Waals surface area contributed by atoms with Gasteiger partial charge in [0.25, 0.3) is 0 Å². The van der Waals surface area contributed by atoms with E-state index in [1.807, 2.05) is 0 Å². The molecule has 0 spiro atoms. The summed E-state index contributed by atoms with van der Waals surface area (Å²) in [7, 11) is 0. The fraction of sp³-hybridized carbons (Fsp3) is 0.250. The summed E-state index contributed by atoms with van der Waals surface area (Å²) in [5.74, 6) is -3.43. The van der Waals surface area contributed by atoms with Gasteiger partial charge in [-0.2, -0.15) is 0 Å². The number of hydrogen-bond donors (Lipinski definition) is 2. The number of carbonyl (C=O) groups is 3. The highest BCUT2D eigenvalue weighted by Gasteiger charge is 2.45. The van der Waals surface area contributed by atoms with Crippen molar-refractivity contribution < 1.29 is 27.7 Å². The highest BCUT2D eigenvalue weighted by molar-refractivity contribution is 14.1. The quantitative estimate of drug-likeness (QED) is 0.732. The summed E-state index contributed by atoms with van der Waals surface area (Å²) in [4.78, 5) is 33.9. The third-order valence-corrected chi connectivity index (χ3v) is 3.09. The van der Waals surface area contributed by atoms with E-state index >= 15 is 0 Å². The number of hydrogen-bond acceptors (Lipinski definition) is 4. The van der Waals surface area contributed by atoms with Crippen molar-refractivity contribution in [3.05, 3.63) is 35.9 Å². The van der Waals surface area contributed by atoms with Gasteiger partial charge in [0.05, 0.1) is 12.8 Å². The van der Waals surface area contributed by atoms with Gasteiger partial charge in [0.2, 0.25) is 0 Å². The predicted molar refractivity (Wildman–Crippen MR) is 72.7 cm³/mol. The number of carboxylic acid groups (broad SMARTS) is 2. The minimum atomic E-state index is -1.72. The molecule has 102 valence electrons. The minimum Gasteiger partial charge on any atom is -0.481 e. The molecule has 7 heteroatoms. The Hall–Kier alpha value is -1.64. The molecule has 1 aromatic carbocycles. The van der Waals surface area contributed by atoms with E-state index in [-0.39, 0.29) is 0 Å². The van der Waals surface area contributed by atoms with Gasteiger partial charge in [-0.1, -0.05) is 30.3 Å². The molecule has 0 atom stereocenters. The Bertz CT molecular complexity index is 468. The van der Waals surface area contributed by atoms with Crippen LogP contribution in [0, 0.1) is 0 Å². The molecule has 0 unspecified atom stereocenters. The number of halogens is 1. The average molecular weight is 378 g/mol. The van der Waals surface area contributed by atoms with Crippen molar-refractivity contribution in [3.8, 4) is 0 Å². The molecule has 0 amide bonds. The van der Waals surface area contributed by atoms with Crippen molar-refractivity contribution in [1.29, 1.82) is 0 Å². The van der Waals surface area contributed by atoms with Crippen molar-refractivity contribution in [2.45, 2.75) is 18.3 Å². The average Bonchev–Trinajstić information content (AvgIpc) is 2.36. The molecule has 19 heavy (non-hydrogen) atoms. The second-order valence-electron chi connectivity index (χ2n) is 3.95. The Labute approximate surface area is 123 Å². The number of benzene rings is 1. The normalized spacial score (nSPS) is 10.8. The van der Waals surface area contributed by atoms with E-state index in [1.54, 1.807) is 18.2 Å². The summed E-state index contributed by atoms with van der Waals surface area (Å²) in [5, 5.41) is 17.9. The van der Waals surface area contributed by atoms with E-state index in [0.717, 1.165) is 0 Å². The van der Waals surface area contributed by atoms with Crippen LogP contribution in [-0.2, 0) is 22.9 Å². The van der Waals surface area contributed by atoms with E-state index in [4.69, 9.17) is 10.2 Å². The van der Waals surface area contributed by atoms with Crippen LogP contribution in [0.4, 0.5) is 0 Å². The predicted octanol–water partition coefficient (Wildman–Crippen LogP) is 1.77. The molecule has 6 nitrogen and oxygen atoms in total. The van der Waals surface area contributed by atoms with E-state index in [1.165, 1.54) is 35.1 Å². The van der Waals surface area contributed by atoms with Crippen LogP contribution >= 0.6 is 23.0 Å². The van der Waals surface area contributed by atoms with Crippen LogP contribution in [0.2, 0.25) is 0 Å². The first kappa shape index (κ1) is 15.4. The summed E-state index contributed by atoms with van der Waals surface area (Å²) >= 11 is 1.32. The maximum Gasteiger partial charge on any atom is 0.327 e. The van der Waals surface area contributed by atoms with Gasteiger partial charge < -0.3 is 13.3 Å². The molecule has 1 aromatic rings. The summed E-state index contributed by atoms with van der Waals surface area (Å²) in [6.45, 7) is 0. The van der Waals surface area contributed by atoms with Gasteiger partial charge in [-0.25, -0.2) is 0 Å². The van der Waals surface area contributed by atoms with Gasteiger partial charge in [0.15, 0.2) is 23.0 Å². The van der Waals surface area contributed by atoms with Crippen molar-refractivity contribution in [1.82, 2.24) is 0 Å². The van der Waals surface area contributed by atoms with Crippen molar-refractivity contribution >= 4 is 40.9 Å². The highest BCUT2D eigenvalue weighted by Crippen LogP contribution is 2.34. The number of rotatable bonds is 6. The second kappa shape index (κ2) is 6.50. The number of carboxylic acids is 2. The van der Waals surface area contributed by atoms with Crippen molar-refractivity contribution in [2.24, 2.45) is 0 Å². The minimum absolute atomic E-state index is 0.307. The molecule has 1 rings (SSSR count). The molecule has 0 heterocycles. The molecular weight excluding hydrogens is 367 g/mol. The topological polar surface area (TPSA) is 101 Å². The molecule has 0 aliphatic rings. The van der Waals surface area contributed by atoms with Crippen molar-refractivity contribution in [2.75, 3.05) is 0 Å². The number of aliphatic carboxylic acids is 2. The summed E-state index contributed by atoms with van der Waals surface area (Å²) < 4.78 is 4.58. The van der Waals surface area contributed by atoms with Crippen LogP contribution in [0.1, 0.15) is 18.4 Å². The Morgan fingerprint density at radius 2 is 1.53 bits per heavy atom. The summed E-state index contributed by atoms with van der Waals surface area (Å²) in [5.41, 5.74) is -1.42. The lowest BCUT2D eigenvalue weighted by Crippen LogP contribution is -2.40. The number of carbonyl (C=O) groups excluding carboxylic acids is 1. The zero-order valence-electron chi connectivity index (χ0n) is 9.71. The van der Waals surface area contributed by atoms with Gasteiger partial charge in [-0.05, 0) is 5.56 Å². The lowest BCUT2D eigenvalue weighted by molar-refractivity contribution is -0.151. The Morgan fingerprint density at radius 1 is 1.05 bits per heavy atom. The Morgan fingerprint density at radius 3 is 1.89 bits per heavy atom. The first-order chi connectivity index (χ1) is 8.92. The summed E-state index contributed by atoms with van der Waals surface area (Å²) in [6.07, 6.45) is -1.30.